The first-order chi connectivity index (χ1) is 35.7. The molecule has 432 valence electrons. The number of amides is 1. The molecule has 9 unspecified atom stereocenters. The zero-order chi connectivity index (χ0) is 53.3. The first-order valence-corrected chi connectivity index (χ1v) is 31.2. The summed E-state index contributed by atoms with van der Waals surface area (Å²) in [4.78, 5) is 13.1. The number of carbonyl (C=O) groups excluding carboxylic acids is 1. The van der Waals surface area contributed by atoms with Crippen LogP contribution < -0.4 is 5.32 Å². The first kappa shape index (κ1) is 69.6. The molecule has 0 aliphatic carbocycles. The number of nitrogens with one attached hydrogen (secondary N) is 1. The van der Waals surface area contributed by atoms with E-state index < -0.39 is 74.2 Å². The summed E-state index contributed by atoms with van der Waals surface area (Å²) in [5.41, 5.74) is 0. The van der Waals surface area contributed by atoms with Gasteiger partial charge in [0.25, 0.3) is 0 Å². The van der Waals surface area contributed by atoms with Gasteiger partial charge in [-0.2, -0.15) is 0 Å². The van der Waals surface area contributed by atoms with E-state index in [1.807, 2.05) is 0 Å². The lowest BCUT2D eigenvalue weighted by Crippen LogP contribution is -2.60. The number of aliphatic hydroxyl groups excluding tert-OH is 7. The molecule has 0 spiro atoms. The zero-order valence-electron chi connectivity index (χ0n) is 47.4. The Balaban J connectivity index is 2.21. The van der Waals surface area contributed by atoms with E-state index >= 15 is 0 Å². The van der Waals surface area contributed by atoms with Crippen LogP contribution in [-0.4, -0.2) is 110 Å². The number of hydrogen-bond donors (Lipinski definition) is 8. The molecule has 0 aromatic heterocycles. The third-order valence-electron chi connectivity index (χ3n) is 15.2. The highest BCUT2D eigenvalue weighted by Crippen LogP contribution is 2.23. The van der Waals surface area contributed by atoms with Gasteiger partial charge in [-0.25, -0.2) is 0 Å². The van der Waals surface area contributed by atoms with Crippen LogP contribution in [-0.2, 0) is 14.3 Å². The fraction of sp³-hybridized carbons (Fsp3) is 0.919. The van der Waals surface area contributed by atoms with Gasteiger partial charge in [0.15, 0.2) is 6.29 Å². The van der Waals surface area contributed by atoms with Crippen LogP contribution in [0.2, 0.25) is 0 Å². The van der Waals surface area contributed by atoms with Gasteiger partial charge in [-0.3, -0.25) is 4.79 Å². The molecule has 1 amide bonds. The molecule has 1 rings (SSSR count). The number of allylic oxidation sites excluding steroid dienone is 4. The van der Waals surface area contributed by atoms with E-state index in [4.69, 9.17) is 9.47 Å². The number of carbonyl (C=O) groups is 1. The number of hydrogen-bond acceptors (Lipinski definition) is 10. The van der Waals surface area contributed by atoms with Crippen molar-refractivity contribution in [3.05, 3.63) is 24.3 Å². The molecule has 11 heteroatoms. The fourth-order valence-electron chi connectivity index (χ4n) is 10.1. The average molecular weight is 1040 g/mol. The summed E-state index contributed by atoms with van der Waals surface area (Å²) in [6.45, 7) is 3.45. The van der Waals surface area contributed by atoms with Gasteiger partial charge in [0.1, 0.15) is 36.6 Å². The molecule has 1 aliphatic heterocycles. The number of aliphatic hydroxyl groups is 7. The maximum absolute atomic E-state index is 13.1. The van der Waals surface area contributed by atoms with Crippen LogP contribution >= 0.6 is 0 Å². The summed E-state index contributed by atoms with van der Waals surface area (Å²) in [5, 5.41) is 76.1. The van der Waals surface area contributed by atoms with Gasteiger partial charge in [-0.15, -0.1) is 0 Å². The Morgan fingerprint density at radius 1 is 0.466 bits per heavy atom. The van der Waals surface area contributed by atoms with Crippen LogP contribution in [0.5, 0.6) is 0 Å². The van der Waals surface area contributed by atoms with E-state index in [1.54, 1.807) is 0 Å². The smallest absolute Gasteiger partial charge is 0.249 e. The molecule has 1 fully saturated rings. The Bertz CT molecular complexity index is 1240. The molecule has 9 atom stereocenters. The number of rotatable bonds is 54. The molecular formula is C62H119NO10. The maximum atomic E-state index is 13.1. The topological polar surface area (TPSA) is 189 Å². The zero-order valence-corrected chi connectivity index (χ0v) is 47.4. The lowest BCUT2D eigenvalue weighted by molar-refractivity contribution is -0.303. The van der Waals surface area contributed by atoms with E-state index in [2.05, 4.69) is 43.5 Å². The van der Waals surface area contributed by atoms with Crippen molar-refractivity contribution in [2.75, 3.05) is 13.2 Å². The largest absolute Gasteiger partial charge is 0.394 e. The molecule has 1 heterocycles. The molecule has 1 aliphatic rings. The highest BCUT2D eigenvalue weighted by molar-refractivity contribution is 5.80. The van der Waals surface area contributed by atoms with Gasteiger partial charge < -0.3 is 50.5 Å². The van der Waals surface area contributed by atoms with Crippen molar-refractivity contribution in [1.82, 2.24) is 5.32 Å². The summed E-state index contributed by atoms with van der Waals surface area (Å²) in [7, 11) is 0. The van der Waals surface area contributed by atoms with Crippen molar-refractivity contribution in [3.63, 3.8) is 0 Å². The van der Waals surface area contributed by atoms with Crippen molar-refractivity contribution in [1.29, 1.82) is 0 Å². The van der Waals surface area contributed by atoms with Gasteiger partial charge >= 0.3 is 0 Å². The van der Waals surface area contributed by atoms with Gasteiger partial charge in [0.05, 0.1) is 25.4 Å². The highest BCUT2D eigenvalue weighted by Gasteiger charge is 2.44. The van der Waals surface area contributed by atoms with E-state index in [-0.39, 0.29) is 12.8 Å². The van der Waals surface area contributed by atoms with Crippen LogP contribution in [0.3, 0.4) is 0 Å². The van der Waals surface area contributed by atoms with Crippen LogP contribution in [0, 0.1) is 0 Å². The third-order valence-corrected chi connectivity index (χ3v) is 15.2. The minimum Gasteiger partial charge on any atom is -0.394 e. The Morgan fingerprint density at radius 2 is 0.808 bits per heavy atom. The Morgan fingerprint density at radius 3 is 1.19 bits per heavy atom. The number of ether oxygens (including phenoxy) is 2. The van der Waals surface area contributed by atoms with Crippen molar-refractivity contribution in [2.24, 2.45) is 0 Å². The molecular weight excluding hydrogens is 919 g/mol. The van der Waals surface area contributed by atoms with Crippen molar-refractivity contribution >= 4 is 5.91 Å². The molecule has 0 radical (unpaired) electrons. The second kappa shape index (κ2) is 51.4. The van der Waals surface area contributed by atoms with Crippen LogP contribution in [0.15, 0.2) is 24.3 Å². The minimum absolute atomic E-state index is 0.248. The van der Waals surface area contributed by atoms with Crippen LogP contribution in [0.4, 0.5) is 0 Å². The maximum Gasteiger partial charge on any atom is 0.249 e. The lowest BCUT2D eigenvalue weighted by Gasteiger charge is -2.40. The van der Waals surface area contributed by atoms with E-state index in [1.165, 1.54) is 199 Å². The minimum atomic E-state index is -1.67. The Hall–Kier alpha value is -1.41. The molecule has 8 N–H and O–H groups in total. The van der Waals surface area contributed by atoms with E-state index in [0.29, 0.717) is 12.8 Å². The normalized spacial score (nSPS) is 20.0. The Labute approximate surface area is 448 Å². The predicted octanol–water partition coefficient (Wildman–Crippen LogP) is 13.7. The lowest BCUT2D eigenvalue weighted by atomic mass is 9.98. The molecule has 11 nitrogen and oxygen atoms in total. The molecule has 0 aromatic carbocycles. The summed E-state index contributed by atoms with van der Waals surface area (Å²) in [5.74, 6) is -0.709. The van der Waals surface area contributed by atoms with Crippen molar-refractivity contribution < 1.29 is 50.0 Å². The second-order valence-electron chi connectivity index (χ2n) is 22.1. The second-order valence-corrected chi connectivity index (χ2v) is 22.1. The van der Waals surface area contributed by atoms with Gasteiger partial charge in [-0.05, 0) is 64.2 Å². The van der Waals surface area contributed by atoms with E-state index in [9.17, 15) is 40.5 Å². The first-order valence-electron chi connectivity index (χ1n) is 31.2. The summed E-state index contributed by atoms with van der Waals surface area (Å²) in [6, 6.07) is -1.19. The summed E-state index contributed by atoms with van der Waals surface area (Å²) >= 11 is 0. The number of unbranched alkanes of at least 4 members (excludes halogenated alkanes) is 38. The van der Waals surface area contributed by atoms with Crippen LogP contribution in [0.1, 0.15) is 296 Å². The molecule has 1 saturated heterocycles. The van der Waals surface area contributed by atoms with Crippen molar-refractivity contribution in [2.45, 2.75) is 351 Å². The van der Waals surface area contributed by atoms with Crippen molar-refractivity contribution in [3.8, 4) is 0 Å². The van der Waals surface area contributed by atoms with Gasteiger partial charge in [0.2, 0.25) is 5.91 Å². The van der Waals surface area contributed by atoms with Gasteiger partial charge in [-0.1, -0.05) is 256 Å². The SMILES string of the molecule is CCCCCC/C=C\CCCCCCCCC(O)C(=O)NC(COC1OC(CO)C(O)C(O)C1O)C(O)C(O)CCC/C=C/CCCCCCCCCCCCCCCCCCCCCCCCCCCCC. The molecule has 73 heavy (non-hydrogen) atoms. The highest BCUT2D eigenvalue weighted by atomic mass is 16.7. The van der Waals surface area contributed by atoms with Crippen LogP contribution in [0.25, 0.3) is 0 Å². The Kier molecular flexibility index (Phi) is 49.0. The van der Waals surface area contributed by atoms with Gasteiger partial charge in [0, 0.05) is 0 Å². The quantitative estimate of drug-likeness (QED) is 0.0215. The molecule has 0 saturated carbocycles. The monoisotopic (exact) mass is 1040 g/mol. The fourth-order valence-corrected chi connectivity index (χ4v) is 10.1. The standard InChI is InChI=1S/C62H119NO10/c1-3-5-7-9-11-13-15-17-19-20-21-22-23-24-25-26-27-28-29-30-31-32-33-34-35-36-38-39-41-43-45-47-49-54(65)57(67)53(52-72-62-60(70)59(69)58(68)56(51-64)73-62)63-61(71)55(66)50-48-46-44-42-40-37-18-16-14-12-10-8-6-4-2/h14,16,41,43,53-60,62,64-70H,3-13,15,17-40,42,44-52H2,1-2H3,(H,63,71)/b16-14-,43-41+. The summed E-state index contributed by atoms with van der Waals surface area (Å²) < 4.78 is 11.1. The molecule has 0 aromatic rings. The predicted molar refractivity (Wildman–Crippen MR) is 302 cm³/mol. The molecule has 0 bridgehead atoms. The van der Waals surface area contributed by atoms with E-state index in [0.717, 1.165) is 57.8 Å². The average Bonchev–Trinajstić information content (AvgIpc) is 3.39. The summed E-state index contributed by atoms with van der Waals surface area (Å²) in [6.07, 6.45) is 51.2. The third kappa shape index (κ3) is 39.6.